The lowest BCUT2D eigenvalue weighted by molar-refractivity contribution is -0.142. The van der Waals surface area contributed by atoms with E-state index in [-0.39, 0.29) is 16.9 Å². The normalized spacial score (nSPS) is 11.9. The fourth-order valence-electron chi connectivity index (χ4n) is 8.91. The number of hydrogen-bond acceptors (Lipinski definition) is 3. The second kappa shape index (κ2) is 14.8. The molecule has 0 unspecified atom stereocenters. The lowest BCUT2D eigenvalue weighted by Crippen LogP contribution is -2.16. The van der Waals surface area contributed by atoms with E-state index >= 15 is 26.3 Å². The first-order chi connectivity index (χ1) is 30.9. The lowest BCUT2D eigenvalue weighted by atomic mass is 9.90. The van der Waals surface area contributed by atoms with Crippen molar-refractivity contribution in [2.75, 3.05) is 0 Å². The van der Waals surface area contributed by atoms with E-state index in [0.717, 1.165) is 39.1 Å². The molecule has 0 bridgehead atoms. The highest BCUT2D eigenvalue weighted by atomic mass is 19.4. The average Bonchev–Trinajstić information content (AvgIpc) is 3.82. The van der Waals surface area contributed by atoms with Crippen LogP contribution in [0.5, 0.6) is 0 Å². The van der Waals surface area contributed by atoms with Crippen LogP contribution in [0.25, 0.3) is 88.4 Å². The van der Waals surface area contributed by atoms with Crippen molar-refractivity contribution in [2.45, 2.75) is 12.4 Å². The quantitative estimate of drug-likeness (QED) is 0.162. The van der Waals surface area contributed by atoms with Crippen LogP contribution in [0.3, 0.4) is 0 Å². The second-order valence-corrected chi connectivity index (χ2v) is 15.2. The van der Waals surface area contributed by atoms with Gasteiger partial charge in [-0.25, -0.2) is 0 Å². The third-order valence-electron chi connectivity index (χ3n) is 11.7. The van der Waals surface area contributed by atoms with Crippen molar-refractivity contribution in [3.05, 3.63) is 192 Å². The van der Waals surface area contributed by atoms with Gasteiger partial charge in [0.1, 0.15) is 11.6 Å². The van der Waals surface area contributed by atoms with Crippen molar-refractivity contribution in [3.63, 3.8) is 0 Å². The summed E-state index contributed by atoms with van der Waals surface area (Å²) in [4.78, 5) is 0. The van der Waals surface area contributed by atoms with Gasteiger partial charge >= 0.3 is 12.4 Å². The number of aromatic nitrogens is 2. The summed E-state index contributed by atoms with van der Waals surface area (Å²) in [7, 11) is 0. The molecule has 0 spiro atoms. The fourth-order valence-corrected chi connectivity index (χ4v) is 8.91. The zero-order valence-electron chi connectivity index (χ0n) is 33.1. The fraction of sp³-hybridized carbons (Fsp3) is 0.0377. The molecule has 0 amide bonds. The van der Waals surface area contributed by atoms with Crippen molar-refractivity contribution in [1.29, 1.82) is 15.8 Å². The predicted molar refractivity (Wildman–Crippen MR) is 236 cm³/mol. The summed E-state index contributed by atoms with van der Waals surface area (Å²) in [5.74, 6) is 0. The van der Waals surface area contributed by atoms with Crippen molar-refractivity contribution in [1.82, 2.24) is 9.13 Å². The molecule has 0 saturated heterocycles. The van der Waals surface area contributed by atoms with E-state index in [1.807, 2.05) is 71.3 Å². The van der Waals surface area contributed by atoms with Gasteiger partial charge in [0.2, 0.25) is 0 Å². The number of para-hydroxylation sites is 2. The van der Waals surface area contributed by atoms with Crippen LogP contribution in [0.15, 0.2) is 164 Å². The van der Waals surface area contributed by atoms with Crippen molar-refractivity contribution >= 4 is 43.6 Å². The highest BCUT2D eigenvalue weighted by Crippen LogP contribution is 2.49. The Labute approximate surface area is 360 Å². The molecule has 2 heterocycles. The summed E-state index contributed by atoms with van der Waals surface area (Å²) in [5, 5.41) is 33.0. The second-order valence-electron chi connectivity index (χ2n) is 15.2. The molecule has 0 aliphatic rings. The minimum absolute atomic E-state index is 0.166. The third-order valence-corrected chi connectivity index (χ3v) is 11.7. The Kier molecular flexibility index (Phi) is 9.14. The van der Waals surface area contributed by atoms with Gasteiger partial charge in [-0.3, -0.25) is 0 Å². The molecule has 0 saturated carbocycles. The molecule has 10 rings (SSSR count). The molecule has 0 N–H and O–H groups in total. The molecule has 64 heavy (non-hydrogen) atoms. The first kappa shape index (κ1) is 39.5. The monoisotopic (exact) mass is 847 g/mol. The van der Waals surface area contributed by atoms with Gasteiger partial charge in [0, 0.05) is 32.7 Å². The smallest absolute Gasteiger partial charge is 0.308 e. The third kappa shape index (κ3) is 6.32. The van der Waals surface area contributed by atoms with Crippen LogP contribution >= 0.6 is 0 Å². The largest absolute Gasteiger partial charge is 0.417 e. The number of nitrogens with zero attached hydrogens (tertiary/aromatic N) is 5. The van der Waals surface area contributed by atoms with Gasteiger partial charge < -0.3 is 9.13 Å². The molecule has 0 aliphatic carbocycles. The Morgan fingerprint density at radius 3 is 1.30 bits per heavy atom. The molecule has 0 fully saturated rings. The minimum Gasteiger partial charge on any atom is -0.308 e. The average molecular weight is 848 g/mol. The molecule has 10 aromatic rings. The van der Waals surface area contributed by atoms with Crippen LogP contribution < -0.4 is 0 Å². The van der Waals surface area contributed by atoms with Crippen LogP contribution in [0.4, 0.5) is 26.3 Å². The number of halogens is 6. The topological polar surface area (TPSA) is 81.2 Å². The van der Waals surface area contributed by atoms with Crippen molar-refractivity contribution in [3.8, 4) is 63.0 Å². The zero-order chi connectivity index (χ0) is 44.5. The Bertz CT molecular complexity index is 3630. The SMILES string of the molecule is N#Cc1ccc(-c2ccc3c(c2)c2ccccc2n3-c2ccc(-c3c(C(F)(F)F)cccc3C(F)(F)F)c(-n3c4ccccc4c4cc(-c5ccc(C#N)cc5)ccc43)c2C#N)cc1. The van der Waals surface area contributed by atoms with Crippen LogP contribution in [0.1, 0.15) is 27.8 Å². The number of benzene rings is 8. The number of fused-ring (bicyclic) bond motifs is 6. The van der Waals surface area contributed by atoms with Crippen LogP contribution in [0, 0.1) is 34.0 Å². The van der Waals surface area contributed by atoms with Crippen molar-refractivity contribution in [2.24, 2.45) is 0 Å². The maximum atomic E-state index is 15.1. The van der Waals surface area contributed by atoms with E-state index in [1.165, 1.54) is 12.1 Å². The van der Waals surface area contributed by atoms with E-state index in [0.29, 0.717) is 56.1 Å². The molecule has 8 aromatic carbocycles. The summed E-state index contributed by atoms with van der Waals surface area (Å²) >= 11 is 0. The van der Waals surface area contributed by atoms with Gasteiger partial charge in [0.15, 0.2) is 0 Å². The predicted octanol–water partition coefficient (Wildman–Crippen LogP) is 14.5. The van der Waals surface area contributed by atoms with E-state index in [1.54, 1.807) is 71.3 Å². The van der Waals surface area contributed by atoms with Crippen LogP contribution in [-0.4, -0.2) is 9.13 Å². The Morgan fingerprint density at radius 2 is 0.828 bits per heavy atom. The Hall–Kier alpha value is -8.59. The summed E-state index contributed by atoms with van der Waals surface area (Å²) in [5.41, 5.74) is 1.68. The van der Waals surface area contributed by atoms with Gasteiger partial charge in [-0.2, -0.15) is 42.1 Å². The Morgan fingerprint density at radius 1 is 0.391 bits per heavy atom. The molecule has 5 nitrogen and oxygen atoms in total. The molecular formula is C53H27F6N5. The van der Waals surface area contributed by atoms with Crippen LogP contribution in [0.2, 0.25) is 0 Å². The summed E-state index contributed by atoms with van der Waals surface area (Å²) in [6, 6.07) is 50.8. The molecule has 0 radical (unpaired) electrons. The number of alkyl halides is 6. The number of nitriles is 3. The molecule has 2 aromatic heterocycles. The molecule has 11 heteroatoms. The first-order valence-electron chi connectivity index (χ1n) is 19.8. The molecule has 0 aliphatic heterocycles. The van der Waals surface area contributed by atoms with Gasteiger partial charge in [0.25, 0.3) is 0 Å². The lowest BCUT2D eigenvalue weighted by Gasteiger charge is -2.24. The minimum atomic E-state index is -5.21. The van der Waals surface area contributed by atoms with Gasteiger partial charge in [0.05, 0.1) is 67.8 Å². The van der Waals surface area contributed by atoms with E-state index < -0.39 is 34.6 Å². The van der Waals surface area contributed by atoms with Crippen LogP contribution in [-0.2, 0) is 12.4 Å². The zero-order valence-corrected chi connectivity index (χ0v) is 33.1. The standard InChI is InChI=1S/C53H27F6N5/c54-52(55,56)43-8-5-9-44(53(57,58)59)50(43)39-22-25-49(63-45-10-3-1-6-37(45)40-26-35(20-23-47(40)63)33-16-12-31(28-60)13-17-33)42(30-62)51(39)64-46-11-4-2-7-38(46)41-27-36(21-24-48(41)64)34-18-14-32(29-61)15-19-34/h1-27H. The summed E-state index contributed by atoms with van der Waals surface area (Å²) in [6.45, 7) is 0. The van der Waals surface area contributed by atoms with Gasteiger partial charge in [-0.1, -0.05) is 84.9 Å². The van der Waals surface area contributed by atoms with E-state index in [2.05, 4.69) is 18.2 Å². The van der Waals surface area contributed by atoms with E-state index in [4.69, 9.17) is 0 Å². The van der Waals surface area contributed by atoms with Crippen molar-refractivity contribution < 1.29 is 26.3 Å². The summed E-state index contributed by atoms with van der Waals surface area (Å²) < 4.78 is 93.9. The molecular weight excluding hydrogens is 821 g/mol. The Balaban J connectivity index is 1.33. The first-order valence-corrected chi connectivity index (χ1v) is 19.8. The van der Waals surface area contributed by atoms with Gasteiger partial charge in [-0.15, -0.1) is 0 Å². The maximum Gasteiger partial charge on any atom is 0.417 e. The highest BCUT2D eigenvalue weighted by molar-refractivity contribution is 6.13. The number of hydrogen-bond donors (Lipinski definition) is 0. The van der Waals surface area contributed by atoms with E-state index in [9.17, 15) is 15.8 Å². The summed E-state index contributed by atoms with van der Waals surface area (Å²) in [6.07, 6.45) is -10.4. The highest BCUT2D eigenvalue weighted by Gasteiger charge is 2.42. The maximum absolute atomic E-state index is 15.1. The molecule has 306 valence electrons. The molecule has 0 atom stereocenters. The number of rotatable bonds is 5. The van der Waals surface area contributed by atoms with Gasteiger partial charge in [-0.05, 0) is 101 Å².